The van der Waals surface area contributed by atoms with Crippen LogP contribution in [0, 0.1) is 23.0 Å². The lowest BCUT2D eigenvalue weighted by Gasteiger charge is -2.15. The highest BCUT2D eigenvalue weighted by atomic mass is 16.6. The quantitative estimate of drug-likeness (QED) is 0.572. The van der Waals surface area contributed by atoms with Crippen LogP contribution in [0.25, 0.3) is 0 Å². The molecule has 1 N–H and O–H groups in total. The molecule has 1 rings (SSSR count). The van der Waals surface area contributed by atoms with Crippen LogP contribution in [0.5, 0.6) is 0 Å². The predicted octanol–water partition coefficient (Wildman–Crippen LogP) is 4.21. The Morgan fingerprint density at radius 1 is 1.25 bits per heavy atom. The zero-order valence-corrected chi connectivity index (χ0v) is 13.0. The first kappa shape index (κ1) is 16.6. The van der Waals surface area contributed by atoms with Gasteiger partial charge in [0.2, 0.25) is 0 Å². The molecule has 112 valence electrons. The number of nitrogens with zero attached hydrogens (tertiary/aromatic N) is 1. The number of hydrogen-bond acceptors (Lipinski definition) is 3. The number of nitro groups is 1. The summed E-state index contributed by atoms with van der Waals surface area (Å²) in [6.07, 6.45) is 3.62. The normalized spacial score (nSPS) is 12.7. The van der Waals surface area contributed by atoms with E-state index in [9.17, 15) is 10.1 Å². The summed E-state index contributed by atoms with van der Waals surface area (Å²) in [5, 5.41) is 14.4. The SMILES string of the molecule is Cc1c(CNC(C)CCCC(C)C)cccc1[N+](=O)[O-]. The Morgan fingerprint density at radius 2 is 1.95 bits per heavy atom. The van der Waals surface area contributed by atoms with Gasteiger partial charge in [-0.1, -0.05) is 38.8 Å². The molecule has 0 saturated heterocycles. The van der Waals surface area contributed by atoms with Crippen LogP contribution in [0.1, 0.15) is 51.2 Å². The first-order valence-corrected chi connectivity index (χ1v) is 7.38. The summed E-state index contributed by atoms with van der Waals surface area (Å²) in [5.41, 5.74) is 1.98. The van der Waals surface area contributed by atoms with E-state index in [0.717, 1.165) is 23.5 Å². The van der Waals surface area contributed by atoms with Crippen molar-refractivity contribution in [2.75, 3.05) is 0 Å². The second-order valence-electron chi connectivity index (χ2n) is 5.93. The summed E-state index contributed by atoms with van der Waals surface area (Å²) in [6.45, 7) is 9.16. The van der Waals surface area contributed by atoms with Crippen molar-refractivity contribution in [1.29, 1.82) is 0 Å². The molecule has 1 aromatic rings. The van der Waals surface area contributed by atoms with Gasteiger partial charge in [0, 0.05) is 24.2 Å². The fourth-order valence-electron chi connectivity index (χ4n) is 2.28. The first-order valence-electron chi connectivity index (χ1n) is 7.38. The molecule has 1 atom stereocenters. The first-order chi connectivity index (χ1) is 9.41. The third-order valence-electron chi connectivity index (χ3n) is 3.67. The fourth-order valence-corrected chi connectivity index (χ4v) is 2.28. The number of hydrogen-bond donors (Lipinski definition) is 1. The Balaban J connectivity index is 2.49. The van der Waals surface area contributed by atoms with E-state index in [0.29, 0.717) is 12.6 Å². The third-order valence-corrected chi connectivity index (χ3v) is 3.67. The smallest absolute Gasteiger partial charge is 0.272 e. The van der Waals surface area contributed by atoms with Crippen LogP contribution >= 0.6 is 0 Å². The van der Waals surface area contributed by atoms with Crippen molar-refractivity contribution < 1.29 is 4.92 Å². The molecule has 0 bridgehead atoms. The molecular weight excluding hydrogens is 252 g/mol. The molecule has 0 aliphatic rings. The Kier molecular flexibility index (Phi) is 6.65. The summed E-state index contributed by atoms with van der Waals surface area (Å²) in [4.78, 5) is 10.6. The van der Waals surface area contributed by atoms with Crippen LogP contribution in [-0.4, -0.2) is 11.0 Å². The third kappa shape index (κ3) is 5.29. The van der Waals surface area contributed by atoms with E-state index in [4.69, 9.17) is 0 Å². The van der Waals surface area contributed by atoms with E-state index >= 15 is 0 Å². The number of nitro benzene ring substituents is 1. The molecule has 0 heterocycles. The molecule has 0 spiro atoms. The van der Waals surface area contributed by atoms with E-state index in [1.165, 1.54) is 12.8 Å². The van der Waals surface area contributed by atoms with Gasteiger partial charge in [0.05, 0.1) is 4.92 Å². The highest BCUT2D eigenvalue weighted by Gasteiger charge is 2.13. The van der Waals surface area contributed by atoms with Crippen LogP contribution in [0.2, 0.25) is 0 Å². The van der Waals surface area contributed by atoms with E-state index in [1.54, 1.807) is 12.1 Å². The van der Waals surface area contributed by atoms with Crippen molar-refractivity contribution in [3.8, 4) is 0 Å². The Hall–Kier alpha value is -1.42. The van der Waals surface area contributed by atoms with Gasteiger partial charge in [-0.3, -0.25) is 10.1 Å². The van der Waals surface area contributed by atoms with Gasteiger partial charge in [0.15, 0.2) is 0 Å². The number of rotatable bonds is 8. The van der Waals surface area contributed by atoms with Gasteiger partial charge in [-0.2, -0.15) is 0 Å². The lowest BCUT2D eigenvalue weighted by atomic mass is 10.0. The second kappa shape index (κ2) is 8.00. The van der Waals surface area contributed by atoms with Crippen molar-refractivity contribution in [2.24, 2.45) is 5.92 Å². The predicted molar refractivity (Wildman–Crippen MR) is 82.8 cm³/mol. The van der Waals surface area contributed by atoms with Gasteiger partial charge in [-0.05, 0) is 31.7 Å². The average Bonchev–Trinajstić information content (AvgIpc) is 2.36. The summed E-state index contributed by atoms with van der Waals surface area (Å²) in [5.74, 6) is 0.751. The molecule has 0 fully saturated rings. The molecule has 1 unspecified atom stereocenters. The van der Waals surface area contributed by atoms with Crippen LogP contribution in [-0.2, 0) is 6.54 Å². The minimum absolute atomic E-state index is 0.205. The highest BCUT2D eigenvalue weighted by molar-refractivity contribution is 5.44. The van der Waals surface area contributed by atoms with Crippen molar-refractivity contribution in [1.82, 2.24) is 5.32 Å². The molecule has 0 radical (unpaired) electrons. The minimum atomic E-state index is -0.315. The van der Waals surface area contributed by atoms with Crippen molar-refractivity contribution >= 4 is 5.69 Å². The second-order valence-corrected chi connectivity index (χ2v) is 5.93. The molecule has 0 aliphatic carbocycles. The summed E-state index contributed by atoms with van der Waals surface area (Å²) in [6, 6.07) is 5.71. The summed E-state index contributed by atoms with van der Waals surface area (Å²) in [7, 11) is 0. The monoisotopic (exact) mass is 278 g/mol. The molecule has 4 heteroatoms. The molecule has 4 nitrogen and oxygen atoms in total. The van der Waals surface area contributed by atoms with Gasteiger partial charge in [0.25, 0.3) is 5.69 Å². The minimum Gasteiger partial charge on any atom is -0.310 e. The van der Waals surface area contributed by atoms with E-state index < -0.39 is 0 Å². The van der Waals surface area contributed by atoms with Gasteiger partial charge in [0.1, 0.15) is 0 Å². The molecule has 0 saturated carbocycles. The molecule has 0 aromatic heterocycles. The molecular formula is C16H26N2O2. The molecule has 0 amide bonds. The van der Waals surface area contributed by atoms with E-state index in [2.05, 4.69) is 26.1 Å². The van der Waals surface area contributed by atoms with E-state index in [1.807, 2.05) is 13.0 Å². The number of nitrogens with one attached hydrogen (secondary N) is 1. The number of benzene rings is 1. The van der Waals surface area contributed by atoms with Gasteiger partial charge in [-0.25, -0.2) is 0 Å². The van der Waals surface area contributed by atoms with Crippen LogP contribution in [0.3, 0.4) is 0 Å². The van der Waals surface area contributed by atoms with Gasteiger partial charge < -0.3 is 5.32 Å². The van der Waals surface area contributed by atoms with Crippen molar-refractivity contribution in [3.63, 3.8) is 0 Å². The van der Waals surface area contributed by atoms with E-state index in [-0.39, 0.29) is 10.6 Å². The largest absolute Gasteiger partial charge is 0.310 e. The Morgan fingerprint density at radius 3 is 2.55 bits per heavy atom. The van der Waals surface area contributed by atoms with Crippen molar-refractivity contribution in [3.05, 3.63) is 39.4 Å². The zero-order valence-electron chi connectivity index (χ0n) is 13.0. The van der Waals surface area contributed by atoms with Crippen LogP contribution < -0.4 is 5.32 Å². The topological polar surface area (TPSA) is 55.2 Å². The maximum atomic E-state index is 10.9. The molecule has 0 aliphatic heterocycles. The lowest BCUT2D eigenvalue weighted by Crippen LogP contribution is -2.25. The van der Waals surface area contributed by atoms with Gasteiger partial charge in [-0.15, -0.1) is 0 Å². The molecule has 1 aromatic carbocycles. The van der Waals surface area contributed by atoms with Gasteiger partial charge >= 0.3 is 0 Å². The van der Waals surface area contributed by atoms with Crippen LogP contribution in [0.15, 0.2) is 18.2 Å². The average molecular weight is 278 g/mol. The maximum Gasteiger partial charge on any atom is 0.272 e. The summed E-state index contributed by atoms with van der Waals surface area (Å²) >= 11 is 0. The highest BCUT2D eigenvalue weighted by Crippen LogP contribution is 2.21. The Bertz CT molecular complexity index is 444. The standard InChI is InChI=1S/C16H26N2O2/c1-12(2)7-5-8-13(3)17-11-15-9-6-10-16(14(15)4)18(19)20/h6,9-10,12-13,17H,5,7-8,11H2,1-4H3. The fraction of sp³-hybridized carbons (Fsp3) is 0.625. The molecule has 20 heavy (non-hydrogen) atoms. The van der Waals surface area contributed by atoms with Crippen molar-refractivity contribution in [2.45, 2.75) is 59.5 Å². The lowest BCUT2D eigenvalue weighted by molar-refractivity contribution is -0.385. The van der Waals surface area contributed by atoms with Crippen LogP contribution in [0.4, 0.5) is 5.69 Å². The summed E-state index contributed by atoms with van der Waals surface area (Å²) < 4.78 is 0. The zero-order chi connectivity index (χ0) is 15.1. The maximum absolute atomic E-state index is 10.9. The Labute approximate surface area is 121 Å².